The molecule has 0 amide bonds. The molecule has 0 fully saturated rings. The molecule has 1 N–H and O–H groups in total. The Balaban J connectivity index is 3.91. The van der Waals surface area contributed by atoms with Gasteiger partial charge in [0, 0.05) is 6.54 Å². The van der Waals surface area contributed by atoms with E-state index in [2.05, 4.69) is 5.09 Å². The first kappa shape index (κ1) is 11.1. The summed E-state index contributed by atoms with van der Waals surface area (Å²) in [4.78, 5) is 0. The molecule has 0 radical (unpaired) electrons. The van der Waals surface area contributed by atoms with Gasteiger partial charge in [-0.25, -0.2) is 9.65 Å². The Morgan fingerprint density at radius 2 is 1.64 bits per heavy atom. The van der Waals surface area contributed by atoms with Crippen LogP contribution in [-0.4, -0.2) is 19.8 Å². The van der Waals surface area contributed by atoms with Crippen molar-refractivity contribution < 1.29 is 13.6 Å². The van der Waals surface area contributed by atoms with Gasteiger partial charge < -0.3 is 0 Å². The molecular weight excluding hydrogens is 165 g/mol. The summed E-state index contributed by atoms with van der Waals surface area (Å²) in [6.45, 7) is 6.78. The maximum Gasteiger partial charge on any atom is 0.405 e. The molecule has 0 aliphatic heterocycles. The van der Waals surface area contributed by atoms with E-state index < -0.39 is 7.75 Å². The highest BCUT2D eigenvalue weighted by Gasteiger charge is 2.20. The van der Waals surface area contributed by atoms with Gasteiger partial charge in [-0.2, -0.15) is 0 Å². The third-order valence-corrected chi connectivity index (χ3v) is 2.85. The molecule has 68 valence electrons. The largest absolute Gasteiger partial charge is 0.405 e. The Kier molecular flexibility index (Phi) is 5.78. The van der Waals surface area contributed by atoms with E-state index in [4.69, 9.17) is 9.05 Å². The molecule has 0 aliphatic rings. The maximum absolute atomic E-state index is 11.5. The van der Waals surface area contributed by atoms with Crippen molar-refractivity contribution in [1.29, 1.82) is 0 Å². The van der Waals surface area contributed by atoms with Crippen molar-refractivity contribution in [2.75, 3.05) is 19.8 Å². The minimum absolute atomic E-state index is 0.393. The summed E-state index contributed by atoms with van der Waals surface area (Å²) in [7, 11) is -2.97. The van der Waals surface area contributed by atoms with Gasteiger partial charge in [0.15, 0.2) is 0 Å². The first-order valence-electron chi connectivity index (χ1n) is 3.82. The first-order valence-corrected chi connectivity index (χ1v) is 5.37. The van der Waals surface area contributed by atoms with Gasteiger partial charge in [0.05, 0.1) is 13.2 Å². The topological polar surface area (TPSA) is 47.6 Å². The second-order valence-electron chi connectivity index (χ2n) is 1.84. The summed E-state index contributed by atoms with van der Waals surface area (Å²) >= 11 is 0. The van der Waals surface area contributed by atoms with Gasteiger partial charge in [-0.05, 0) is 13.8 Å². The van der Waals surface area contributed by atoms with E-state index in [0.29, 0.717) is 19.8 Å². The molecule has 0 saturated heterocycles. The minimum Gasteiger partial charge on any atom is -0.297 e. The molecule has 11 heavy (non-hydrogen) atoms. The molecule has 0 heterocycles. The fourth-order valence-electron chi connectivity index (χ4n) is 0.662. The molecule has 5 heteroatoms. The lowest BCUT2D eigenvalue weighted by Crippen LogP contribution is -2.14. The van der Waals surface area contributed by atoms with Crippen molar-refractivity contribution in [3.8, 4) is 0 Å². The molecule has 0 atom stereocenters. The highest BCUT2D eigenvalue weighted by molar-refractivity contribution is 7.51. The molecule has 0 rings (SSSR count). The molecule has 4 nitrogen and oxygen atoms in total. The predicted octanol–water partition coefficient (Wildman–Crippen LogP) is 1.78. The second-order valence-corrected chi connectivity index (χ2v) is 3.67. The van der Waals surface area contributed by atoms with Crippen molar-refractivity contribution in [3.63, 3.8) is 0 Å². The van der Waals surface area contributed by atoms with Gasteiger partial charge in [-0.15, -0.1) is 0 Å². The summed E-state index contributed by atoms with van der Waals surface area (Å²) in [5, 5.41) is 2.67. The summed E-state index contributed by atoms with van der Waals surface area (Å²) in [6.07, 6.45) is 0. The highest BCUT2D eigenvalue weighted by atomic mass is 31.2. The van der Waals surface area contributed by atoms with Gasteiger partial charge in [0.1, 0.15) is 0 Å². The SMILES string of the molecule is CCNP(=O)(OCC)OCC. The lowest BCUT2D eigenvalue weighted by molar-refractivity contribution is 0.211. The van der Waals surface area contributed by atoms with Crippen molar-refractivity contribution in [3.05, 3.63) is 0 Å². The standard InChI is InChI=1S/C6H16NO3P/c1-4-7-11(8,9-5-2)10-6-3/h4-6H2,1-3H3,(H,7,8). The number of rotatable bonds is 6. The zero-order valence-electron chi connectivity index (χ0n) is 7.29. The lowest BCUT2D eigenvalue weighted by atomic mass is 10.8. The molecule has 0 spiro atoms. The summed E-state index contributed by atoms with van der Waals surface area (Å²) < 4.78 is 21.3. The van der Waals surface area contributed by atoms with Gasteiger partial charge in [0.25, 0.3) is 0 Å². The van der Waals surface area contributed by atoms with Crippen LogP contribution in [0.15, 0.2) is 0 Å². The Labute approximate surface area is 67.9 Å². The monoisotopic (exact) mass is 181 g/mol. The molecule has 0 bridgehead atoms. The molecule has 0 saturated carbocycles. The molecule has 0 aliphatic carbocycles. The maximum atomic E-state index is 11.5. The fraction of sp³-hybridized carbons (Fsp3) is 1.00. The van der Waals surface area contributed by atoms with Crippen LogP contribution in [0.1, 0.15) is 20.8 Å². The number of nitrogens with one attached hydrogen (secondary N) is 1. The third kappa shape index (κ3) is 4.53. The minimum atomic E-state index is -2.97. The third-order valence-electron chi connectivity index (χ3n) is 0.950. The summed E-state index contributed by atoms with van der Waals surface area (Å²) in [5.74, 6) is 0. The number of hydrogen-bond donors (Lipinski definition) is 1. The Morgan fingerprint density at radius 3 is 1.91 bits per heavy atom. The fourth-order valence-corrected chi connectivity index (χ4v) is 1.99. The van der Waals surface area contributed by atoms with E-state index in [9.17, 15) is 4.57 Å². The van der Waals surface area contributed by atoms with E-state index in [0.717, 1.165) is 0 Å². The normalized spacial score (nSPS) is 11.9. The second kappa shape index (κ2) is 5.72. The smallest absolute Gasteiger partial charge is 0.297 e. The van der Waals surface area contributed by atoms with Gasteiger partial charge in [0.2, 0.25) is 0 Å². The van der Waals surface area contributed by atoms with Crippen LogP contribution < -0.4 is 5.09 Å². The Hall–Kier alpha value is 0.110. The van der Waals surface area contributed by atoms with E-state index in [1.165, 1.54) is 0 Å². The predicted molar refractivity (Wildman–Crippen MR) is 44.5 cm³/mol. The van der Waals surface area contributed by atoms with Crippen LogP contribution in [-0.2, 0) is 13.6 Å². The van der Waals surface area contributed by atoms with Crippen LogP contribution in [0.4, 0.5) is 0 Å². The summed E-state index contributed by atoms with van der Waals surface area (Å²) in [6, 6.07) is 0. The zero-order valence-corrected chi connectivity index (χ0v) is 8.19. The van der Waals surface area contributed by atoms with Crippen LogP contribution in [0.25, 0.3) is 0 Å². The van der Waals surface area contributed by atoms with E-state index >= 15 is 0 Å². The van der Waals surface area contributed by atoms with Crippen LogP contribution in [0, 0.1) is 0 Å². The molecular formula is C6H16NO3P. The quantitative estimate of drug-likeness (QED) is 0.634. The lowest BCUT2D eigenvalue weighted by Gasteiger charge is -2.16. The van der Waals surface area contributed by atoms with Crippen LogP contribution in [0.5, 0.6) is 0 Å². The molecule has 0 aromatic rings. The van der Waals surface area contributed by atoms with Crippen molar-refractivity contribution in [2.24, 2.45) is 0 Å². The molecule has 0 unspecified atom stereocenters. The zero-order chi connectivity index (χ0) is 8.74. The van der Waals surface area contributed by atoms with Crippen molar-refractivity contribution in [2.45, 2.75) is 20.8 Å². The average molecular weight is 181 g/mol. The van der Waals surface area contributed by atoms with Gasteiger partial charge in [-0.1, -0.05) is 6.92 Å². The Bertz CT molecular complexity index is 116. The van der Waals surface area contributed by atoms with Crippen LogP contribution >= 0.6 is 7.75 Å². The highest BCUT2D eigenvalue weighted by Crippen LogP contribution is 2.42. The van der Waals surface area contributed by atoms with E-state index in [1.807, 2.05) is 6.92 Å². The van der Waals surface area contributed by atoms with Crippen molar-refractivity contribution in [1.82, 2.24) is 5.09 Å². The Morgan fingerprint density at radius 1 is 1.18 bits per heavy atom. The number of hydrogen-bond acceptors (Lipinski definition) is 3. The van der Waals surface area contributed by atoms with Gasteiger partial charge in [-0.3, -0.25) is 9.05 Å². The molecule has 0 aromatic heterocycles. The summed E-state index contributed by atoms with van der Waals surface area (Å²) in [5.41, 5.74) is 0. The van der Waals surface area contributed by atoms with Crippen molar-refractivity contribution >= 4 is 7.75 Å². The van der Waals surface area contributed by atoms with Gasteiger partial charge >= 0.3 is 7.75 Å². The average Bonchev–Trinajstić information content (AvgIpc) is 1.88. The molecule has 0 aromatic carbocycles. The van der Waals surface area contributed by atoms with E-state index in [-0.39, 0.29) is 0 Å². The first-order chi connectivity index (χ1) is 5.18. The van der Waals surface area contributed by atoms with Crippen LogP contribution in [0.3, 0.4) is 0 Å². The van der Waals surface area contributed by atoms with Crippen LogP contribution in [0.2, 0.25) is 0 Å². The van der Waals surface area contributed by atoms with E-state index in [1.54, 1.807) is 13.8 Å².